The van der Waals surface area contributed by atoms with Crippen molar-refractivity contribution in [2.45, 2.75) is 18.6 Å². The van der Waals surface area contributed by atoms with E-state index >= 15 is 0 Å². The maximum Gasteiger partial charge on any atom is 0.416 e. The van der Waals surface area contributed by atoms with Gasteiger partial charge in [-0.3, -0.25) is 4.98 Å². The number of aromatic nitrogens is 1. The van der Waals surface area contributed by atoms with Gasteiger partial charge in [0, 0.05) is 6.20 Å². The molecule has 0 saturated carbocycles. The normalized spacial score (nSPS) is 13.2. The fourth-order valence-corrected chi connectivity index (χ4v) is 2.44. The Labute approximate surface area is 129 Å². The smallest absolute Gasteiger partial charge is 0.322 e. The average Bonchev–Trinajstić information content (AvgIpc) is 2.37. The van der Waals surface area contributed by atoms with Gasteiger partial charge >= 0.3 is 6.18 Å². The van der Waals surface area contributed by atoms with Gasteiger partial charge in [-0.15, -0.1) is 0 Å². The summed E-state index contributed by atoms with van der Waals surface area (Å²) in [5.41, 5.74) is 6.12. The van der Waals surface area contributed by atoms with E-state index in [1.807, 2.05) is 0 Å². The monoisotopic (exact) mass is 334 g/mol. The zero-order valence-electron chi connectivity index (χ0n) is 10.7. The lowest BCUT2D eigenvalue weighted by molar-refractivity contribution is -0.137. The molecule has 0 bridgehead atoms. The minimum absolute atomic E-state index is 0.193. The highest BCUT2D eigenvalue weighted by Crippen LogP contribution is 2.31. The topological polar surface area (TPSA) is 38.9 Å². The molecule has 1 atom stereocenters. The van der Waals surface area contributed by atoms with Crippen molar-refractivity contribution in [3.05, 3.63) is 63.4 Å². The van der Waals surface area contributed by atoms with Crippen molar-refractivity contribution in [3.63, 3.8) is 0 Å². The molecule has 1 unspecified atom stereocenters. The van der Waals surface area contributed by atoms with Crippen LogP contribution >= 0.6 is 23.2 Å². The lowest BCUT2D eigenvalue weighted by Crippen LogP contribution is -2.16. The largest absolute Gasteiger partial charge is 0.416 e. The first kappa shape index (κ1) is 16.1. The molecule has 1 aromatic heterocycles. The molecule has 0 saturated heterocycles. The van der Waals surface area contributed by atoms with Crippen LogP contribution in [-0.4, -0.2) is 4.98 Å². The number of hydrogen-bond donors (Lipinski definition) is 1. The Kier molecular flexibility index (Phi) is 4.76. The fraction of sp³-hybridized carbons (Fsp3) is 0.214. The Morgan fingerprint density at radius 2 is 1.90 bits per heavy atom. The second-order valence-electron chi connectivity index (χ2n) is 4.53. The predicted octanol–water partition coefficient (Wildman–Crippen LogP) is 4.65. The first-order chi connectivity index (χ1) is 9.77. The molecule has 1 aromatic carbocycles. The summed E-state index contributed by atoms with van der Waals surface area (Å²) in [6.07, 6.45) is -2.79. The summed E-state index contributed by atoms with van der Waals surface area (Å²) < 4.78 is 38.0. The van der Waals surface area contributed by atoms with Crippen LogP contribution in [0.3, 0.4) is 0 Å². The standard InChI is InChI=1S/C14H11Cl2F3N2/c15-10-6-11(16)13(21-7-10)12(20)5-8-2-1-3-9(4-8)14(17,18)19/h1-4,6-7,12H,5,20H2. The molecular formula is C14H11Cl2F3N2. The Morgan fingerprint density at radius 3 is 2.52 bits per heavy atom. The number of nitrogens with zero attached hydrogens (tertiary/aromatic N) is 1. The van der Waals surface area contributed by atoms with Crippen molar-refractivity contribution in [2.24, 2.45) is 5.73 Å². The Bertz CT molecular complexity index is 644. The number of pyridine rings is 1. The van der Waals surface area contributed by atoms with E-state index in [4.69, 9.17) is 28.9 Å². The number of hydrogen-bond acceptors (Lipinski definition) is 2. The summed E-state index contributed by atoms with van der Waals surface area (Å²) in [7, 11) is 0. The predicted molar refractivity (Wildman–Crippen MR) is 76.3 cm³/mol. The fourth-order valence-electron chi connectivity index (χ4n) is 1.92. The zero-order chi connectivity index (χ0) is 15.6. The minimum Gasteiger partial charge on any atom is -0.322 e. The zero-order valence-corrected chi connectivity index (χ0v) is 12.2. The Hall–Kier alpha value is -1.30. The molecule has 1 heterocycles. The van der Waals surface area contributed by atoms with Crippen LogP contribution in [0.5, 0.6) is 0 Å². The van der Waals surface area contributed by atoms with E-state index in [1.165, 1.54) is 18.3 Å². The molecule has 0 aliphatic rings. The van der Waals surface area contributed by atoms with E-state index in [9.17, 15) is 13.2 Å². The van der Waals surface area contributed by atoms with Crippen LogP contribution in [0.2, 0.25) is 10.0 Å². The Morgan fingerprint density at radius 1 is 1.19 bits per heavy atom. The maximum absolute atomic E-state index is 12.7. The molecule has 0 radical (unpaired) electrons. The molecular weight excluding hydrogens is 324 g/mol. The molecule has 7 heteroatoms. The molecule has 2 nitrogen and oxygen atoms in total. The van der Waals surface area contributed by atoms with Gasteiger partial charge in [0.15, 0.2) is 0 Å². The molecule has 2 aromatic rings. The number of rotatable bonds is 3. The van der Waals surface area contributed by atoms with E-state index in [1.54, 1.807) is 6.07 Å². The van der Waals surface area contributed by atoms with Crippen molar-refractivity contribution < 1.29 is 13.2 Å². The number of alkyl halides is 3. The summed E-state index contributed by atoms with van der Waals surface area (Å²) in [4.78, 5) is 4.03. The van der Waals surface area contributed by atoms with Crippen LogP contribution < -0.4 is 5.73 Å². The number of benzene rings is 1. The van der Waals surface area contributed by atoms with E-state index in [-0.39, 0.29) is 6.42 Å². The van der Waals surface area contributed by atoms with Crippen LogP contribution in [-0.2, 0) is 12.6 Å². The molecule has 0 spiro atoms. The van der Waals surface area contributed by atoms with Crippen molar-refractivity contribution in [3.8, 4) is 0 Å². The maximum atomic E-state index is 12.7. The third kappa shape index (κ3) is 4.09. The van der Waals surface area contributed by atoms with Crippen molar-refractivity contribution in [2.75, 3.05) is 0 Å². The lowest BCUT2D eigenvalue weighted by atomic mass is 10.0. The van der Waals surface area contributed by atoms with Crippen LogP contribution in [0, 0.1) is 0 Å². The van der Waals surface area contributed by atoms with E-state index < -0.39 is 17.8 Å². The van der Waals surface area contributed by atoms with Gasteiger partial charge in [0.25, 0.3) is 0 Å². The van der Waals surface area contributed by atoms with Crippen molar-refractivity contribution in [1.29, 1.82) is 0 Å². The number of nitrogens with two attached hydrogens (primary N) is 1. The Balaban J connectivity index is 2.21. The molecule has 2 rings (SSSR count). The summed E-state index contributed by atoms with van der Waals surface area (Å²) in [6.45, 7) is 0. The van der Waals surface area contributed by atoms with E-state index in [0.29, 0.717) is 21.3 Å². The van der Waals surface area contributed by atoms with Gasteiger partial charge < -0.3 is 5.73 Å². The van der Waals surface area contributed by atoms with Crippen LogP contribution in [0.15, 0.2) is 36.5 Å². The molecule has 0 fully saturated rings. The third-order valence-electron chi connectivity index (χ3n) is 2.90. The van der Waals surface area contributed by atoms with Gasteiger partial charge in [-0.05, 0) is 24.1 Å². The number of halogens is 5. The summed E-state index contributed by atoms with van der Waals surface area (Å²) in [6, 6.07) is 5.91. The SMILES string of the molecule is NC(Cc1cccc(C(F)(F)F)c1)c1ncc(Cl)cc1Cl. The highest BCUT2D eigenvalue weighted by molar-refractivity contribution is 6.34. The second kappa shape index (κ2) is 6.22. The molecule has 2 N–H and O–H groups in total. The van der Waals surface area contributed by atoms with Gasteiger partial charge in [-0.25, -0.2) is 0 Å². The lowest BCUT2D eigenvalue weighted by Gasteiger charge is -2.14. The first-order valence-corrected chi connectivity index (χ1v) is 6.75. The molecule has 0 aliphatic heterocycles. The van der Waals surface area contributed by atoms with Gasteiger partial charge in [-0.2, -0.15) is 13.2 Å². The summed E-state index contributed by atoms with van der Waals surface area (Å²) in [5.74, 6) is 0. The van der Waals surface area contributed by atoms with Crippen LogP contribution in [0.1, 0.15) is 22.9 Å². The quantitative estimate of drug-likeness (QED) is 0.887. The second-order valence-corrected chi connectivity index (χ2v) is 5.37. The highest BCUT2D eigenvalue weighted by Gasteiger charge is 2.30. The van der Waals surface area contributed by atoms with Gasteiger partial charge in [-0.1, -0.05) is 41.4 Å². The van der Waals surface area contributed by atoms with Gasteiger partial charge in [0.1, 0.15) is 0 Å². The molecule has 0 aliphatic carbocycles. The summed E-state index contributed by atoms with van der Waals surface area (Å²) in [5, 5.41) is 0.664. The molecule has 21 heavy (non-hydrogen) atoms. The third-order valence-corrected chi connectivity index (χ3v) is 3.41. The van der Waals surface area contributed by atoms with Gasteiger partial charge in [0.05, 0.1) is 27.3 Å². The van der Waals surface area contributed by atoms with Crippen LogP contribution in [0.25, 0.3) is 0 Å². The van der Waals surface area contributed by atoms with Crippen molar-refractivity contribution >= 4 is 23.2 Å². The van der Waals surface area contributed by atoms with E-state index in [0.717, 1.165) is 12.1 Å². The molecule has 112 valence electrons. The van der Waals surface area contributed by atoms with E-state index in [2.05, 4.69) is 4.98 Å². The minimum atomic E-state index is -4.38. The molecule has 0 amide bonds. The van der Waals surface area contributed by atoms with Crippen LogP contribution in [0.4, 0.5) is 13.2 Å². The van der Waals surface area contributed by atoms with Gasteiger partial charge in [0.2, 0.25) is 0 Å². The van der Waals surface area contributed by atoms with Crippen molar-refractivity contribution in [1.82, 2.24) is 4.98 Å². The average molecular weight is 335 g/mol. The summed E-state index contributed by atoms with van der Waals surface area (Å²) >= 11 is 11.7. The highest BCUT2D eigenvalue weighted by atomic mass is 35.5. The first-order valence-electron chi connectivity index (χ1n) is 6.00.